The molecule has 1 N–H and O–H groups in total. The zero-order valence-corrected chi connectivity index (χ0v) is 13.8. The van der Waals surface area contributed by atoms with Crippen LogP contribution in [-0.2, 0) is 0 Å². The van der Waals surface area contributed by atoms with Crippen LogP contribution in [0.3, 0.4) is 0 Å². The van der Waals surface area contributed by atoms with E-state index in [1.807, 2.05) is 22.7 Å². The molecule has 0 aromatic carbocycles. The lowest BCUT2D eigenvalue weighted by atomic mass is 10.1. The van der Waals surface area contributed by atoms with E-state index in [1.165, 1.54) is 25.3 Å². The molecule has 17 heavy (non-hydrogen) atoms. The third-order valence-electron chi connectivity index (χ3n) is 2.68. The van der Waals surface area contributed by atoms with Gasteiger partial charge in [0.1, 0.15) is 0 Å². The van der Waals surface area contributed by atoms with Crippen molar-refractivity contribution < 1.29 is 0 Å². The SMILES string of the molecule is CCCNC(c1csc(I)c1)c1sccc1C. The second-order valence-corrected chi connectivity index (χ2v) is 7.79. The molecular weight excluding hydrogens is 361 g/mol. The molecule has 0 aliphatic rings. The fourth-order valence-corrected chi connectivity index (χ4v) is 4.23. The highest BCUT2D eigenvalue weighted by atomic mass is 127. The normalized spacial score (nSPS) is 12.9. The van der Waals surface area contributed by atoms with E-state index in [2.05, 4.69) is 64.6 Å². The summed E-state index contributed by atoms with van der Waals surface area (Å²) in [5.41, 5.74) is 2.79. The summed E-state index contributed by atoms with van der Waals surface area (Å²) in [4.78, 5) is 1.45. The third kappa shape index (κ3) is 3.30. The van der Waals surface area contributed by atoms with Crippen LogP contribution in [0, 0.1) is 9.81 Å². The minimum Gasteiger partial charge on any atom is -0.306 e. The van der Waals surface area contributed by atoms with Crippen LogP contribution in [0.25, 0.3) is 0 Å². The first-order valence-corrected chi connectivity index (χ1v) is 8.57. The van der Waals surface area contributed by atoms with Crippen molar-refractivity contribution in [2.45, 2.75) is 26.3 Å². The molecule has 0 aliphatic carbocycles. The van der Waals surface area contributed by atoms with E-state index in [0.717, 1.165) is 6.54 Å². The molecule has 2 aromatic rings. The summed E-state index contributed by atoms with van der Waals surface area (Å²) in [6.45, 7) is 5.47. The number of aryl methyl sites for hydroxylation is 1. The number of rotatable bonds is 5. The lowest BCUT2D eigenvalue weighted by molar-refractivity contribution is 0.605. The van der Waals surface area contributed by atoms with Crippen LogP contribution in [-0.4, -0.2) is 6.54 Å². The molecule has 1 nitrogen and oxygen atoms in total. The minimum absolute atomic E-state index is 0.370. The van der Waals surface area contributed by atoms with E-state index in [1.54, 1.807) is 0 Å². The molecular formula is C13H16INS2. The summed E-state index contributed by atoms with van der Waals surface area (Å²) >= 11 is 6.06. The van der Waals surface area contributed by atoms with Gasteiger partial charge in [0.25, 0.3) is 0 Å². The van der Waals surface area contributed by atoms with Gasteiger partial charge in [0, 0.05) is 4.88 Å². The van der Waals surface area contributed by atoms with Gasteiger partial charge in [-0.05, 0) is 76.5 Å². The maximum absolute atomic E-state index is 3.66. The number of hydrogen-bond acceptors (Lipinski definition) is 3. The Bertz CT molecular complexity index is 475. The molecule has 1 atom stereocenters. The second-order valence-electron chi connectivity index (χ2n) is 4.04. The third-order valence-corrected chi connectivity index (χ3v) is 5.57. The average Bonchev–Trinajstić information content (AvgIpc) is 2.90. The van der Waals surface area contributed by atoms with Crippen LogP contribution in [0.15, 0.2) is 22.9 Å². The Balaban J connectivity index is 2.28. The molecule has 2 heterocycles. The molecule has 0 spiro atoms. The van der Waals surface area contributed by atoms with Crippen molar-refractivity contribution in [1.82, 2.24) is 5.32 Å². The molecule has 92 valence electrons. The van der Waals surface area contributed by atoms with Gasteiger partial charge in [-0.1, -0.05) is 6.92 Å². The van der Waals surface area contributed by atoms with E-state index in [0.29, 0.717) is 6.04 Å². The molecule has 0 radical (unpaired) electrons. The standard InChI is InChI=1S/C13H16INS2/c1-3-5-15-12(10-7-11(14)17-8-10)13-9(2)4-6-16-13/h4,6-8,12,15H,3,5H2,1-2H3. The number of nitrogens with one attached hydrogen (secondary N) is 1. The zero-order valence-electron chi connectivity index (χ0n) is 10.00. The summed E-state index contributed by atoms with van der Waals surface area (Å²) in [6, 6.07) is 4.87. The maximum atomic E-state index is 3.66. The van der Waals surface area contributed by atoms with E-state index in [9.17, 15) is 0 Å². The summed E-state index contributed by atoms with van der Waals surface area (Å²) < 4.78 is 1.36. The molecule has 0 saturated carbocycles. The monoisotopic (exact) mass is 377 g/mol. The molecule has 1 unspecified atom stereocenters. The second kappa shape index (κ2) is 6.31. The topological polar surface area (TPSA) is 12.0 Å². The highest BCUT2D eigenvalue weighted by molar-refractivity contribution is 14.1. The smallest absolute Gasteiger partial charge is 0.0682 e. The molecule has 0 fully saturated rings. The first-order valence-electron chi connectivity index (χ1n) is 5.73. The fraction of sp³-hybridized carbons (Fsp3) is 0.385. The predicted octanol–water partition coefficient (Wildman–Crippen LogP) is 4.81. The van der Waals surface area contributed by atoms with Gasteiger partial charge in [-0.25, -0.2) is 0 Å². The van der Waals surface area contributed by atoms with Crippen molar-refractivity contribution >= 4 is 45.3 Å². The Labute approximate surface area is 124 Å². The first-order chi connectivity index (χ1) is 8.22. The Morgan fingerprint density at radius 1 is 1.41 bits per heavy atom. The molecule has 0 aliphatic heterocycles. The van der Waals surface area contributed by atoms with Crippen molar-refractivity contribution in [3.05, 3.63) is 41.8 Å². The maximum Gasteiger partial charge on any atom is 0.0682 e. The van der Waals surface area contributed by atoms with E-state index in [4.69, 9.17) is 0 Å². The van der Waals surface area contributed by atoms with Crippen LogP contribution < -0.4 is 5.32 Å². The van der Waals surface area contributed by atoms with Crippen molar-refractivity contribution in [3.63, 3.8) is 0 Å². The molecule has 2 aromatic heterocycles. The van der Waals surface area contributed by atoms with Crippen LogP contribution in [0.5, 0.6) is 0 Å². The summed E-state index contributed by atoms with van der Waals surface area (Å²) in [5, 5.41) is 8.11. The van der Waals surface area contributed by atoms with Gasteiger partial charge in [-0.2, -0.15) is 0 Å². The lowest BCUT2D eigenvalue weighted by Gasteiger charge is -2.17. The van der Waals surface area contributed by atoms with Crippen molar-refractivity contribution in [2.75, 3.05) is 6.54 Å². The summed E-state index contributed by atoms with van der Waals surface area (Å²) in [7, 11) is 0. The average molecular weight is 377 g/mol. The van der Waals surface area contributed by atoms with Gasteiger partial charge in [-0.3, -0.25) is 0 Å². The van der Waals surface area contributed by atoms with Gasteiger partial charge in [-0.15, -0.1) is 22.7 Å². The van der Waals surface area contributed by atoms with Crippen LogP contribution in [0.2, 0.25) is 0 Å². The van der Waals surface area contributed by atoms with E-state index in [-0.39, 0.29) is 0 Å². The quantitative estimate of drug-likeness (QED) is 0.738. The Morgan fingerprint density at radius 3 is 2.76 bits per heavy atom. The number of hydrogen-bond donors (Lipinski definition) is 1. The molecule has 2 rings (SSSR count). The Hall–Kier alpha value is 0.0900. The Kier molecular flexibility index (Phi) is 5.02. The van der Waals surface area contributed by atoms with Gasteiger partial charge in [0.2, 0.25) is 0 Å². The zero-order chi connectivity index (χ0) is 12.3. The lowest BCUT2D eigenvalue weighted by Crippen LogP contribution is -2.22. The van der Waals surface area contributed by atoms with Crippen LogP contribution >= 0.6 is 45.3 Å². The van der Waals surface area contributed by atoms with Crippen LogP contribution in [0.1, 0.15) is 35.4 Å². The Morgan fingerprint density at radius 2 is 2.24 bits per heavy atom. The summed E-state index contributed by atoms with van der Waals surface area (Å²) in [5.74, 6) is 0. The number of thiophene rings is 2. The molecule has 0 amide bonds. The molecule has 4 heteroatoms. The minimum atomic E-state index is 0.370. The van der Waals surface area contributed by atoms with Gasteiger partial charge in [0.05, 0.1) is 8.93 Å². The van der Waals surface area contributed by atoms with Crippen molar-refractivity contribution in [3.8, 4) is 0 Å². The van der Waals surface area contributed by atoms with E-state index >= 15 is 0 Å². The highest BCUT2D eigenvalue weighted by Gasteiger charge is 2.17. The van der Waals surface area contributed by atoms with Gasteiger partial charge >= 0.3 is 0 Å². The molecule has 0 saturated heterocycles. The fourth-order valence-electron chi connectivity index (χ4n) is 1.81. The van der Waals surface area contributed by atoms with Gasteiger partial charge < -0.3 is 5.32 Å². The highest BCUT2D eigenvalue weighted by Crippen LogP contribution is 2.32. The van der Waals surface area contributed by atoms with Crippen molar-refractivity contribution in [1.29, 1.82) is 0 Å². The van der Waals surface area contributed by atoms with E-state index < -0.39 is 0 Å². The molecule has 0 bridgehead atoms. The van der Waals surface area contributed by atoms with Crippen LogP contribution in [0.4, 0.5) is 0 Å². The summed E-state index contributed by atoms with van der Waals surface area (Å²) in [6.07, 6.45) is 1.17. The predicted molar refractivity (Wildman–Crippen MR) is 86.2 cm³/mol. The largest absolute Gasteiger partial charge is 0.306 e. The first kappa shape index (κ1) is 13.5. The van der Waals surface area contributed by atoms with Gasteiger partial charge in [0.15, 0.2) is 0 Å². The number of halogens is 1. The van der Waals surface area contributed by atoms with Crippen molar-refractivity contribution in [2.24, 2.45) is 0 Å².